The van der Waals surface area contributed by atoms with Crippen LogP contribution in [0.4, 0.5) is 8.78 Å². The standard InChI is InChI=1S/C15H12Br2F2O/c1-20-11-4-5-12(14(17)8-11)13(16)6-9-2-3-10(18)7-15(9)19/h2-5,7-8,13H,6H2,1H3. The summed E-state index contributed by atoms with van der Waals surface area (Å²) in [6.07, 6.45) is 0.428. The maximum absolute atomic E-state index is 13.7. The molecular formula is C15H12Br2F2O. The van der Waals surface area contributed by atoms with E-state index in [4.69, 9.17) is 4.74 Å². The average Bonchev–Trinajstić information content (AvgIpc) is 2.41. The molecule has 0 bridgehead atoms. The minimum absolute atomic E-state index is 0.0808. The van der Waals surface area contributed by atoms with Gasteiger partial charge >= 0.3 is 0 Å². The molecule has 0 saturated carbocycles. The van der Waals surface area contributed by atoms with Crippen LogP contribution in [0.15, 0.2) is 40.9 Å². The summed E-state index contributed by atoms with van der Waals surface area (Å²) in [5, 5.41) is 0. The van der Waals surface area contributed by atoms with Gasteiger partial charge < -0.3 is 4.74 Å². The molecule has 0 aliphatic heterocycles. The second-order valence-electron chi connectivity index (χ2n) is 4.29. The molecule has 0 N–H and O–H groups in total. The van der Waals surface area contributed by atoms with E-state index in [1.807, 2.05) is 18.2 Å². The fourth-order valence-corrected chi connectivity index (χ4v) is 3.57. The number of hydrogen-bond acceptors (Lipinski definition) is 1. The largest absolute Gasteiger partial charge is 0.497 e. The molecule has 2 aromatic carbocycles. The predicted octanol–water partition coefficient (Wildman–Crippen LogP) is 5.41. The van der Waals surface area contributed by atoms with Crippen molar-refractivity contribution >= 4 is 31.9 Å². The van der Waals surface area contributed by atoms with Gasteiger partial charge in [-0.1, -0.05) is 44.0 Å². The van der Waals surface area contributed by atoms with Gasteiger partial charge in [-0.05, 0) is 35.7 Å². The Bertz CT molecular complexity index is 617. The zero-order valence-corrected chi connectivity index (χ0v) is 13.8. The van der Waals surface area contributed by atoms with Crippen LogP contribution in [0.1, 0.15) is 16.0 Å². The summed E-state index contributed by atoms with van der Waals surface area (Å²) in [7, 11) is 1.60. The molecule has 0 fully saturated rings. The van der Waals surface area contributed by atoms with Gasteiger partial charge in [0.15, 0.2) is 0 Å². The molecule has 20 heavy (non-hydrogen) atoms. The monoisotopic (exact) mass is 404 g/mol. The molecule has 106 valence electrons. The maximum atomic E-state index is 13.7. The van der Waals surface area contributed by atoms with Crippen molar-refractivity contribution in [2.45, 2.75) is 11.2 Å². The third-order valence-corrected chi connectivity index (χ3v) is 4.46. The second-order valence-corrected chi connectivity index (χ2v) is 6.25. The van der Waals surface area contributed by atoms with Crippen LogP contribution in [-0.2, 0) is 6.42 Å². The minimum atomic E-state index is -0.567. The molecular weight excluding hydrogens is 394 g/mol. The van der Waals surface area contributed by atoms with Crippen molar-refractivity contribution in [1.29, 1.82) is 0 Å². The minimum Gasteiger partial charge on any atom is -0.497 e. The molecule has 0 aliphatic rings. The van der Waals surface area contributed by atoms with E-state index in [1.165, 1.54) is 12.1 Å². The lowest BCUT2D eigenvalue weighted by Crippen LogP contribution is -2.00. The van der Waals surface area contributed by atoms with Crippen molar-refractivity contribution in [1.82, 2.24) is 0 Å². The summed E-state index contributed by atoms with van der Waals surface area (Å²) in [4.78, 5) is -0.0808. The summed E-state index contributed by atoms with van der Waals surface area (Å²) >= 11 is 7.01. The lowest BCUT2D eigenvalue weighted by atomic mass is 10.0. The van der Waals surface area contributed by atoms with E-state index in [0.29, 0.717) is 12.0 Å². The van der Waals surface area contributed by atoms with Gasteiger partial charge in [-0.3, -0.25) is 0 Å². The third kappa shape index (κ3) is 3.58. The Hall–Kier alpha value is -0.940. The first kappa shape index (κ1) is 15.4. The Balaban J connectivity index is 2.21. The van der Waals surface area contributed by atoms with E-state index < -0.39 is 11.6 Å². The van der Waals surface area contributed by atoms with E-state index in [0.717, 1.165) is 21.9 Å². The molecule has 2 rings (SSSR count). The van der Waals surface area contributed by atoms with Crippen molar-refractivity contribution in [3.63, 3.8) is 0 Å². The molecule has 1 nitrogen and oxygen atoms in total. The fraction of sp³-hybridized carbons (Fsp3) is 0.200. The van der Waals surface area contributed by atoms with Gasteiger partial charge in [-0.25, -0.2) is 8.78 Å². The molecule has 0 radical (unpaired) electrons. The summed E-state index contributed by atoms with van der Waals surface area (Å²) in [6.45, 7) is 0. The van der Waals surface area contributed by atoms with Crippen LogP contribution in [0.3, 0.4) is 0 Å². The Morgan fingerprint density at radius 1 is 1.15 bits per heavy atom. The summed E-state index contributed by atoms with van der Waals surface area (Å²) < 4.78 is 32.5. The Kier molecular flexibility index (Phi) is 5.16. The van der Waals surface area contributed by atoms with Crippen molar-refractivity contribution in [3.05, 3.63) is 63.6 Å². The first-order valence-electron chi connectivity index (χ1n) is 5.92. The Labute approximate surface area is 133 Å². The van der Waals surface area contributed by atoms with Gasteiger partial charge in [-0.2, -0.15) is 0 Å². The van der Waals surface area contributed by atoms with Crippen LogP contribution in [0.25, 0.3) is 0 Å². The molecule has 1 unspecified atom stereocenters. The third-order valence-electron chi connectivity index (χ3n) is 2.96. The van der Waals surface area contributed by atoms with Gasteiger partial charge in [0, 0.05) is 15.4 Å². The highest BCUT2D eigenvalue weighted by Gasteiger charge is 2.15. The maximum Gasteiger partial charge on any atom is 0.129 e. The average molecular weight is 406 g/mol. The number of benzene rings is 2. The van der Waals surface area contributed by atoms with Gasteiger partial charge in [0.05, 0.1) is 7.11 Å². The SMILES string of the molecule is COc1ccc(C(Br)Cc2ccc(F)cc2F)c(Br)c1. The first-order chi connectivity index (χ1) is 9.51. The number of rotatable bonds is 4. The van der Waals surface area contributed by atoms with E-state index in [2.05, 4.69) is 31.9 Å². The van der Waals surface area contributed by atoms with Gasteiger partial charge in [0.2, 0.25) is 0 Å². The normalized spacial score (nSPS) is 12.2. The van der Waals surface area contributed by atoms with Crippen molar-refractivity contribution < 1.29 is 13.5 Å². The molecule has 0 aliphatic carbocycles. The smallest absolute Gasteiger partial charge is 0.129 e. The summed E-state index contributed by atoms with van der Waals surface area (Å²) in [5.41, 5.74) is 1.45. The van der Waals surface area contributed by atoms with Crippen molar-refractivity contribution in [3.8, 4) is 5.75 Å². The molecule has 1 atom stereocenters. The summed E-state index contributed by atoms with van der Waals surface area (Å²) in [6, 6.07) is 9.24. The van der Waals surface area contributed by atoms with Crippen LogP contribution in [0.2, 0.25) is 0 Å². The van der Waals surface area contributed by atoms with E-state index in [1.54, 1.807) is 7.11 Å². The Morgan fingerprint density at radius 2 is 1.90 bits per heavy atom. The van der Waals surface area contributed by atoms with Crippen molar-refractivity contribution in [2.75, 3.05) is 7.11 Å². The number of alkyl halides is 1. The fourth-order valence-electron chi connectivity index (χ4n) is 1.88. The molecule has 0 heterocycles. The predicted molar refractivity (Wildman–Crippen MR) is 82.4 cm³/mol. The highest BCUT2D eigenvalue weighted by Crippen LogP contribution is 2.35. The lowest BCUT2D eigenvalue weighted by molar-refractivity contribution is 0.414. The highest BCUT2D eigenvalue weighted by molar-refractivity contribution is 9.11. The van der Waals surface area contributed by atoms with Gasteiger partial charge in [-0.15, -0.1) is 0 Å². The number of hydrogen-bond donors (Lipinski definition) is 0. The number of methoxy groups -OCH3 is 1. The summed E-state index contributed by atoms with van der Waals surface area (Å²) in [5.74, 6) is -0.352. The lowest BCUT2D eigenvalue weighted by Gasteiger charge is -2.14. The number of ether oxygens (including phenoxy) is 1. The molecule has 2 aromatic rings. The first-order valence-corrected chi connectivity index (χ1v) is 7.63. The van der Waals surface area contributed by atoms with Crippen LogP contribution >= 0.6 is 31.9 Å². The molecule has 0 aromatic heterocycles. The Morgan fingerprint density at radius 3 is 2.50 bits per heavy atom. The van der Waals surface area contributed by atoms with E-state index >= 15 is 0 Å². The second kappa shape index (κ2) is 6.68. The zero-order valence-electron chi connectivity index (χ0n) is 10.7. The van der Waals surface area contributed by atoms with Gasteiger partial charge in [0.1, 0.15) is 17.4 Å². The quantitative estimate of drug-likeness (QED) is 0.617. The zero-order chi connectivity index (χ0) is 14.7. The van der Waals surface area contributed by atoms with Crippen LogP contribution in [-0.4, -0.2) is 7.11 Å². The highest BCUT2D eigenvalue weighted by atomic mass is 79.9. The van der Waals surface area contributed by atoms with E-state index in [-0.39, 0.29) is 4.83 Å². The van der Waals surface area contributed by atoms with E-state index in [9.17, 15) is 8.78 Å². The number of halogens is 4. The molecule has 0 amide bonds. The molecule has 0 saturated heterocycles. The van der Waals surface area contributed by atoms with Crippen molar-refractivity contribution in [2.24, 2.45) is 0 Å². The topological polar surface area (TPSA) is 9.23 Å². The van der Waals surface area contributed by atoms with Crippen LogP contribution < -0.4 is 4.74 Å². The van der Waals surface area contributed by atoms with Crippen LogP contribution in [0, 0.1) is 11.6 Å². The molecule has 5 heteroatoms. The van der Waals surface area contributed by atoms with Gasteiger partial charge in [0.25, 0.3) is 0 Å². The molecule has 0 spiro atoms. The van der Waals surface area contributed by atoms with Crippen LogP contribution in [0.5, 0.6) is 5.75 Å².